The van der Waals surface area contributed by atoms with Gasteiger partial charge in [0, 0.05) is 24.2 Å². The SMILES string of the molecule is Cc1cnc(C)c(N2CCSCC2C(=O)O)n1. The minimum atomic E-state index is -0.792. The van der Waals surface area contributed by atoms with Gasteiger partial charge in [0.25, 0.3) is 0 Å². The van der Waals surface area contributed by atoms with Crippen LogP contribution < -0.4 is 4.90 Å². The lowest BCUT2D eigenvalue weighted by Crippen LogP contribution is -2.48. The molecule has 17 heavy (non-hydrogen) atoms. The topological polar surface area (TPSA) is 66.3 Å². The van der Waals surface area contributed by atoms with Crippen molar-refractivity contribution in [1.82, 2.24) is 9.97 Å². The normalized spacial score (nSPS) is 20.4. The molecule has 0 spiro atoms. The Labute approximate surface area is 104 Å². The zero-order chi connectivity index (χ0) is 12.4. The summed E-state index contributed by atoms with van der Waals surface area (Å²) in [7, 11) is 0. The summed E-state index contributed by atoms with van der Waals surface area (Å²) in [6.45, 7) is 4.44. The quantitative estimate of drug-likeness (QED) is 0.851. The van der Waals surface area contributed by atoms with Gasteiger partial charge in [0.05, 0.1) is 11.4 Å². The Morgan fingerprint density at radius 3 is 3.06 bits per heavy atom. The number of aliphatic carboxylic acids is 1. The summed E-state index contributed by atoms with van der Waals surface area (Å²) in [4.78, 5) is 21.8. The van der Waals surface area contributed by atoms with Crippen molar-refractivity contribution in [3.8, 4) is 0 Å². The Balaban J connectivity index is 2.35. The predicted octanol–water partition coefficient (Wildman–Crippen LogP) is 1.10. The summed E-state index contributed by atoms with van der Waals surface area (Å²) in [5.41, 5.74) is 1.60. The maximum Gasteiger partial charge on any atom is 0.327 e. The summed E-state index contributed by atoms with van der Waals surface area (Å²) >= 11 is 1.67. The number of aryl methyl sites for hydroxylation is 2. The van der Waals surface area contributed by atoms with E-state index in [0.29, 0.717) is 18.1 Å². The Hall–Kier alpha value is -1.30. The number of anilines is 1. The molecule has 1 aliphatic rings. The molecule has 0 saturated carbocycles. The van der Waals surface area contributed by atoms with E-state index in [9.17, 15) is 9.90 Å². The second-order valence-corrected chi connectivity index (χ2v) is 5.19. The second kappa shape index (κ2) is 4.91. The standard InChI is InChI=1S/C11H15N3O2S/c1-7-5-12-8(2)10(13-7)14-3-4-17-6-9(14)11(15)16/h5,9H,3-4,6H2,1-2H3,(H,15,16). The number of aromatic nitrogens is 2. The van der Waals surface area contributed by atoms with Crippen LogP contribution in [0.4, 0.5) is 5.82 Å². The first kappa shape index (κ1) is 12.2. The molecule has 1 aliphatic heterocycles. The van der Waals surface area contributed by atoms with Gasteiger partial charge in [-0.15, -0.1) is 0 Å². The number of rotatable bonds is 2. The van der Waals surface area contributed by atoms with Crippen LogP contribution in [-0.4, -0.2) is 45.1 Å². The van der Waals surface area contributed by atoms with Crippen molar-refractivity contribution in [2.24, 2.45) is 0 Å². The van der Waals surface area contributed by atoms with E-state index >= 15 is 0 Å². The number of carboxylic acid groups (broad SMARTS) is 1. The number of nitrogens with zero attached hydrogens (tertiary/aromatic N) is 3. The molecule has 0 radical (unpaired) electrons. The van der Waals surface area contributed by atoms with E-state index in [1.807, 2.05) is 18.7 Å². The van der Waals surface area contributed by atoms with Gasteiger partial charge in [-0.3, -0.25) is 4.98 Å². The average Bonchev–Trinajstić information content (AvgIpc) is 2.32. The molecule has 2 heterocycles. The van der Waals surface area contributed by atoms with Gasteiger partial charge < -0.3 is 10.0 Å². The van der Waals surface area contributed by atoms with Crippen LogP contribution in [0.1, 0.15) is 11.4 Å². The van der Waals surface area contributed by atoms with Crippen LogP contribution in [0.3, 0.4) is 0 Å². The van der Waals surface area contributed by atoms with Gasteiger partial charge in [-0.25, -0.2) is 9.78 Å². The Kier molecular flexibility index (Phi) is 3.51. The molecule has 1 unspecified atom stereocenters. The smallest absolute Gasteiger partial charge is 0.327 e. The molecule has 0 bridgehead atoms. The highest BCUT2D eigenvalue weighted by molar-refractivity contribution is 7.99. The number of hydrogen-bond donors (Lipinski definition) is 1. The first-order valence-electron chi connectivity index (χ1n) is 5.47. The molecule has 92 valence electrons. The largest absolute Gasteiger partial charge is 0.480 e. The molecule has 1 atom stereocenters. The lowest BCUT2D eigenvalue weighted by molar-refractivity contribution is -0.138. The van der Waals surface area contributed by atoms with Gasteiger partial charge in [-0.05, 0) is 13.8 Å². The van der Waals surface area contributed by atoms with E-state index in [1.165, 1.54) is 0 Å². The van der Waals surface area contributed by atoms with E-state index in [0.717, 1.165) is 17.1 Å². The van der Waals surface area contributed by atoms with Crippen molar-refractivity contribution in [1.29, 1.82) is 0 Å². The molecule has 6 heteroatoms. The average molecular weight is 253 g/mol. The number of carboxylic acids is 1. The van der Waals surface area contributed by atoms with Crippen LogP contribution in [-0.2, 0) is 4.79 Å². The zero-order valence-electron chi connectivity index (χ0n) is 9.88. The van der Waals surface area contributed by atoms with Gasteiger partial charge >= 0.3 is 5.97 Å². The van der Waals surface area contributed by atoms with Gasteiger partial charge in [0.2, 0.25) is 0 Å². The van der Waals surface area contributed by atoms with Crippen molar-refractivity contribution in [2.45, 2.75) is 19.9 Å². The zero-order valence-corrected chi connectivity index (χ0v) is 10.7. The summed E-state index contributed by atoms with van der Waals surface area (Å²) in [5, 5.41) is 9.23. The number of carbonyl (C=O) groups is 1. The third kappa shape index (κ3) is 2.52. The van der Waals surface area contributed by atoms with Crippen LogP contribution in [0.2, 0.25) is 0 Å². The molecule has 5 nitrogen and oxygen atoms in total. The fourth-order valence-electron chi connectivity index (χ4n) is 1.86. The van der Waals surface area contributed by atoms with Crippen molar-refractivity contribution in [3.05, 3.63) is 17.6 Å². The number of hydrogen-bond acceptors (Lipinski definition) is 5. The van der Waals surface area contributed by atoms with Gasteiger partial charge in [0.15, 0.2) is 5.82 Å². The summed E-state index contributed by atoms with van der Waals surface area (Å²) in [5.74, 6) is 1.45. The lowest BCUT2D eigenvalue weighted by Gasteiger charge is -2.34. The van der Waals surface area contributed by atoms with Crippen LogP contribution >= 0.6 is 11.8 Å². The van der Waals surface area contributed by atoms with Crippen molar-refractivity contribution in [2.75, 3.05) is 23.0 Å². The summed E-state index contributed by atoms with van der Waals surface area (Å²) in [6.07, 6.45) is 1.70. The minimum Gasteiger partial charge on any atom is -0.480 e. The molecule has 1 N–H and O–H groups in total. The van der Waals surface area contributed by atoms with E-state index < -0.39 is 12.0 Å². The molecule has 1 aromatic rings. The van der Waals surface area contributed by atoms with E-state index in [4.69, 9.17) is 0 Å². The van der Waals surface area contributed by atoms with Crippen LogP contribution in [0.15, 0.2) is 6.20 Å². The van der Waals surface area contributed by atoms with Crippen molar-refractivity contribution >= 4 is 23.5 Å². The van der Waals surface area contributed by atoms with Gasteiger partial charge in [-0.1, -0.05) is 0 Å². The maximum absolute atomic E-state index is 11.2. The molecule has 0 amide bonds. The van der Waals surface area contributed by atoms with Crippen LogP contribution in [0.5, 0.6) is 0 Å². The molecular formula is C11H15N3O2S. The summed E-state index contributed by atoms with van der Waals surface area (Å²) < 4.78 is 0. The molecule has 2 rings (SSSR count). The highest BCUT2D eigenvalue weighted by Crippen LogP contribution is 2.24. The van der Waals surface area contributed by atoms with Crippen LogP contribution in [0, 0.1) is 13.8 Å². The first-order chi connectivity index (χ1) is 8.09. The third-order valence-corrected chi connectivity index (χ3v) is 3.76. The van der Waals surface area contributed by atoms with Crippen molar-refractivity contribution < 1.29 is 9.90 Å². The molecule has 0 aliphatic carbocycles. The fourth-order valence-corrected chi connectivity index (χ4v) is 2.90. The maximum atomic E-state index is 11.2. The Morgan fingerprint density at radius 1 is 1.59 bits per heavy atom. The Morgan fingerprint density at radius 2 is 2.35 bits per heavy atom. The number of thioether (sulfide) groups is 1. The van der Waals surface area contributed by atoms with Gasteiger partial charge in [-0.2, -0.15) is 11.8 Å². The Bertz CT molecular complexity index is 439. The van der Waals surface area contributed by atoms with Crippen LogP contribution in [0.25, 0.3) is 0 Å². The fraction of sp³-hybridized carbons (Fsp3) is 0.545. The molecule has 0 aromatic carbocycles. The second-order valence-electron chi connectivity index (χ2n) is 4.04. The highest BCUT2D eigenvalue weighted by Gasteiger charge is 2.30. The highest BCUT2D eigenvalue weighted by atomic mass is 32.2. The molecule has 1 saturated heterocycles. The summed E-state index contributed by atoms with van der Waals surface area (Å²) in [6, 6.07) is -0.497. The third-order valence-electron chi connectivity index (χ3n) is 2.74. The van der Waals surface area contributed by atoms with E-state index in [1.54, 1.807) is 18.0 Å². The lowest BCUT2D eigenvalue weighted by atomic mass is 10.2. The monoisotopic (exact) mass is 253 g/mol. The molecule has 1 fully saturated rings. The van der Waals surface area contributed by atoms with Crippen molar-refractivity contribution in [3.63, 3.8) is 0 Å². The van der Waals surface area contributed by atoms with E-state index in [-0.39, 0.29) is 0 Å². The van der Waals surface area contributed by atoms with Gasteiger partial charge in [0.1, 0.15) is 6.04 Å². The molecular weight excluding hydrogens is 238 g/mol. The first-order valence-corrected chi connectivity index (χ1v) is 6.62. The predicted molar refractivity (Wildman–Crippen MR) is 67.6 cm³/mol. The van der Waals surface area contributed by atoms with E-state index in [2.05, 4.69) is 9.97 Å². The molecule has 1 aromatic heterocycles. The minimum absolute atomic E-state index is 0.497.